The second-order valence-electron chi connectivity index (χ2n) is 2.51. The molecule has 0 aromatic rings. The standard InChI is InChI=1S/C5H8O2.C4H10O3/c1-2-6-3-5-4-7-5;5-1-3-7-4-2-6/h2,5H,1,3-4H2;5-6H,1-4H2. The van der Waals surface area contributed by atoms with Crippen molar-refractivity contribution >= 4 is 0 Å². The van der Waals surface area contributed by atoms with Gasteiger partial charge in [-0.2, -0.15) is 0 Å². The lowest BCUT2D eigenvalue weighted by Gasteiger charge is -1.94. The van der Waals surface area contributed by atoms with Gasteiger partial charge in [0.1, 0.15) is 12.7 Å². The second-order valence-corrected chi connectivity index (χ2v) is 2.51. The number of ether oxygens (including phenoxy) is 3. The molecular formula is C9H18O5. The zero-order valence-electron chi connectivity index (χ0n) is 8.22. The summed E-state index contributed by atoms with van der Waals surface area (Å²) < 4.78 is 14.3. The Morgan fingerprint density at radius 1 is 1.36 bits per heavy atom. The van der Waals surface area contributed by atoms with E-state index >= 15 is 0 Å². The first kappa shape index (κ1) is 13.4. The van der Waals surface area contributed by atoms with Gasteiger partial charge in [-0.3, -0.25) is 0 Å². The molecular weight excluding hydrogens is 188 g/mol. The van der Waals surface area contributed by atoms with E-state index in [1.165, 1.54) is 6.26 Å². The minimum Gasteiger partial charge on any atom is -0.499 e. The monoisotopic (exact) mass is 206 g/mol. The van der Waals surface area contributed by atoms with Crippen LogP contribution in [0.1, 0.15) is 0 Å². The van der Waals surface area contributed by atoms with Gasteiger partial charge in [-0.15, -0.1) is 0 Å². The van der Waals surface area contributed by atoms with Gasteiger partial charge in [0.15, 0.2) is 0 Å². The van der Waals surface area contributed by atoms with Crippen LogP contribution in [0.5, 0.6) is 0 Å². The summed E-state index contributed by atoms with van der Waals surface area (Å²) in [6.45, 7) is 5.60. The third-order valence-corrected chi connectivity index (χ3v) is 1.27. The molecule has 1 aliphatic heterocycles. The molecule has 5 nitrogen and oxygen atoms in total. The van der Waals surface area contributed by atoms with Crippen molar-refractivity contribution in [3.63, 3.8) is 0 Å². The highest BCUT2D eigenvalue weighted by atomic mass is 16.6. The van der Waals surface area contributed by atoms with Crippen molar-refractivity contribution in [2.75, 3.05) is 39.6 Å². The maximum atomic E-state index is 8.09. The van der Waals surface area contributed by atoms with Gasteiger partial charge in [-0.1, -0.05) is 6.58 Å². The van der Waals surface area contributed by atoms with E-state index < -0.39 is 0 Å². The fourth-order valence-corrected chi connectivity index (χ4v) is 0.571. The van der Waals surface area contributed by atoms with Crippen LogP contribution in [0.3, 0.4) is 0 Å². The highest BCUT2D eigenvalue weighted by Crippen LogP contribution is 2.07. The molecule has 0 aromatic heterocycles. The molecule has 84 valence electrons. The molecule has 1 heterocycles. The Kier molecular flexibility index (Phi) is 10.00. The first-order valence-corrected chi connectivity index (χ1v) is 4.48. The molecule has 1 saturated heterocycles. The summed E-state index contributed by atoms with van der Waals surface area (Å²) in [6.07, 6.45) is 1.79. The van der Waals surface area contributed by atoms with E-state index in [2.05, 4.69) is 11.3 Å². The summed E-state index contributed by atoms with van der Waals surface area (Å²) in [5.74, 6) is 0. The van der Waals surface area contributed by atoms with Gasteiger partial charge in [0, 0.05) is 0 Å². The maximum absolute atomic E-state index is 8.09. The van der Waals surface area contributed by atoms with Crippen LogP contribution in [-0.4, -0.2) is 56.0 Å². The average molecular weight is 206 g/mol. The van der Waals surface area contributed by atoms with E-state index in [-0.39, 0.29) is 13.2 Å². The van der Waals surface area contributed by atoms with Gasteiger partial charge in [-0.05, 0) is 0 Å². The predicted octanol–water partition coefficient (Wildman–Crippen LogP) is -0.467. The molecule has 2 N–H and O–H groups in total. The molecule has 0 radical (unpaired) electrons. The van der Waals surface area contributed by atoms with Crippen LogP contribution in [0.25, 0.3) is 0 Å². The van der Waals surface area contributed by atoms with Gasteiger partial charge < -0.3 is 24.4 Å². The minimum absolute atomic E-state index is 0.0278. The fraction of sp³-hybridized carbons (Fsp3) is 0.778. The van der Waals surface area contributed by atoms with Crippen LogP contribution >= 0.6 is 0 Å². The lowest BCUT2D eigenvalue weighted by Crippen LogP contribution is -2.03. The molecule has 0 saturated carbocycles. The van der Waals surface area contributed by atoms with Gasteiger partial charge in [-0.25, -0.2) is 0 Å². The number of hydrogen-bond donors (Lipinski definition) is 2. The molecule has 0 aromatic carbocycles. The van der Waals surface area contributed by atoms with Crippen LogP contribution in [0.2, 0.25) is 0 Å². The van der Waals surface area contributed by atoms with E-state index in [0.29, 0.717) is 25.9 Å². The molecule has 1 rings (SSSR count). The van der Waals surface area contributed by atoms with Gasteiger partial charge in [0.2, 0.25) is 0 Å². The SMILES string of the molecule is C=COCC1CO1.OCCOCCO. The second kappa shape index (κ2) is 10.5. The summed E-state index contributed by atoms with van der Waals surface area (Å²) in [4.78, 5) is 0. The van der Waals surface area contributed by atoms with Crippen LogP contribution < -0.4 is 0 Å². The molecule has 0 spiro atoms. The van der Waals surface area contributed by atoms with Crippen molar-refractivity contribution < 1.29 is 24.4 Å². The van der Waals surface area contributed by atoms with Crippen molar-refractivity contribution in [3.8, 4) is 0 Å². The Bertz CT molecular complexity index is 120. The lowest BCUT2D eigenvalue weighted by molar-refractivity contribution is 0.0650. The third kappa shape index (κ3) is 11.4. The lowest BCUT2D eigenvalue weighted by atomic mass is 10.5. The first-order valence-electron chi connectivity index (χ1n) is 4.48. The number of rotatable bonds is 7. The molecule has 0 bridgehead atoms. The molecule has 1 fully saturated rings. The molecule has 5 heteroatoms. The fourth-order valence-electron chi connectivity index (χ4n) is 0.571. The van der Waals surface area contributed by atoms with E-state index in [4.69, 9.17) is 19.7 Å². The summed E-state index contributed by atoms with van der Waals surface area (Å²) in [6, 6.07) is 0. The van der Waals surface area contributed by atoms with Gasteiger partial charge in [0.25, 0.3) is 0 Å². The summed E-state index contributed by atoms with van der Waals surface area (Å²) in [5.41, 5.74) is 0. The topological polar surface area (TPSA) is 71.5 Å². The Morgan fingerprint density at radius 2 is 1.93 bits per heavy atom. The quantitative estimate of drug-likeness (QED) is 0.335. The zero-order valence-corrected chi connectivity index (χ0v) is 8.22. The molecule has 0 amide bonds. The smallest absolute Gasteiger partial charge is 0.116 e. The minimum atomic E-state index is 0.0278. The highest BCUT2D eigenvalue weighted by molar-refractivity contribution is 4.68. The van der Waals surface area contributed by atoms with E-state index in [9.17, 15) is 0 Å². The maximum Gasteiger partial charge on any atom is 0.116 e. The number of hydrogen-bond acceptors (Lipinski definition) is 5. The Labute approximate surface area is 83.9 Å². The largest absolute Gasteiger partial charge is 0.499 e. The highest BCUT2D eigenvalue weighted by Gasteiger charge is 2.21. The molecule has 1 aliphatic rings. The van der Waals surface area contributed by atoms with E-state index in [1.54, 1.807) is 0 Å². The van der Waals surface area contributed by atoms with Crippen molar-refractivity contribution in [2.45, 2.75) is 6.10 Å². The summed E-state index contributed by atoms with van der Waals surface area (Å²) in [7, 11) is 0. The van der Waals surface area contributed by atoms with Crippen LogP contribution in [0.4, 0.5) is 0 Å². The number of epoxide rings is 1. The number of aliphatic hydroxyl groups is 2. The summed E-state index contributed by atoms with van der Waals surface area (Å²) >= 11 is 0. The van der Waals surface area contributed by atoms with Gasteiger partial charge >= 0.3 is 0 Å². The first-order chi connectivity index (χ1) is 6.85. The molecule has 14 heavy (non-hydrogen) atoms. The van der Waals surface area contributed by atoms with Gasteiger partial charge in [0.05, 0.1) is 39.3 Å². The van der Waals surface area contributed by atoms with Crippen LogP contribution in [-0.2, 0) is 14.2 Å². The summed E-state index contributed by atoms with van der Waals surface area (Å²) in [5, 5.41) is 16.2. The Morgan fingerprint density at radius 3 is 2.29 bits per heavy atom. The van der Waals surface area contributed by atoms with Crippen LogP contribution in [0, 0.1) is 0 Å². The van der Waals surface area contributed by atoms with E-state index in [1.807, 2.05) is 0 Å². The Balaban J connectivity index is 0.000000241. The molecule has 1 atom stereocenters. The number of aliphatic hydroxyl groups excluding tert-OH is 2. The molecule has 1 unspecified atom stereocenters. The average Bonchev–Trinajstić information content (AvgIpc) is 3.00. The third-order valence-electron chi connectivity index (χ3n) is 1.27. The zero-order chi connectivity index (χ0) is 10.6. The van der Waals surface area contributed by atoms with Crippen molar-refractivity contribution in [3.05, 3.63) is 12.8 Å². The predicted molar refractivity (Wildman–Crippen MR) is 50.9 cm³/mol. The van der Waals surface area contributed by atoms with E-state index in [0.717, 1.165) is 6.61 Å². The van der Waals surface area contributed by atoms with Crippen molar-refractivity contribution in [2.24, 2.45) is 0 Å². The van der Waals surface area contributed by atoms with Crippen molar-refractivity contribution in [1.29, 1.82) is 0 Å². The Hall–Kier alpha value is -0.620. The normalized spacial score (nSPS) is 18.0. The van der Waals surface area contributed by atoms with Crippen molar-refractivity contribution in [1.82, 2.24) is 0 Å². The van der Waals surface area contributed by atoms with Crippen LogP contribution in [0.15, 0.2) is 12.8 Å². The molecule has 0 aliphatic carbocycles.